The van der Waals surface area contributed by atoms with Crippen molar-refractivity contribution < 1.29 is 4.79 Å². The zero-order valence-electron chi connectivity index (χ0n) is 14.4. The molecule has 0 spiro atoms. The van der Waals surface area contributed by atoms with Crippen molar-refractivity contribution in [3.63, 3.8) is 0 Å². The Kier molecular flexibility index (Phi) is 3.60. The van der Waals surface area contributed by atoms with E-state index in [1.165, 1.54) is 10.8 Å². The standard InChI is InChI=1S/C21H21N3O/c1-21(19(25)24(2)20(22)23-21)16-10-5-9-15(13-16)18-12-6-8-14-7-3-4-11-17(14)18/h3-13,20,23H,22H2,1-2H3. The van der Waals surface area contributed by atoms with Gasteiger partial charge in [0.25, 0.3) is 0 Å². The second-order valence-electron chi connectivity index (χ2n) is 6.74. The Balaban J connectivity index is 1.84. The Labute approximate surface area is 147 Å². The zero-order chi connectivity index (χ0) is 17.6. The Hall–Kier alpha value is -2.69. The van der Waals surface area contributed by atoms with Crippen molar-refractivity contribution >= 4 is 16.7 Å². The minimum atomic E-state index is -0.811. The van der Waals surface area contributed by atoms with Crippen molar-refractivity contribution in [3.8, 4) is 11.1 Å². The van der Waals surface area contributed by atoms with Crippen LogP contribution in [0.25, 0.3) is 21.9 Å². The minimum Gasteiger partial charge on any atom is -0.316 e. The summed E-state index contributed by atoms with van der Waals surface area (Å²) in [5.74, 6) is -0.0185. The van der Waals surface area contributed by atoms with Crippen LogP contribution in [0.5, 0.6) is 0 Å². The van der Waals surface area contributed by atoms with Gasteiger partial charge in [-0.25, -0.2) is 0 Å². The SMILES string of the molecule is CN1C(=O)C(C)(c2cccc(-c3cccc4ccccc34)c2)NC1N. The number of benzene rings is 3. The third-order valence-corrected chi connectivity index (χ3v) is 5.14. The first kappa shape index (κ1) is 15.8. The predicted octanol–water partition coefficient (Wildman–Crippen LogP) is 3.03. The number of amides is 1. The molecule has 3 aromatic rings. The molecule has 1 fully saturated rings. The van der Waals surface area contributed by atoms with Gasteiger partial charge in [0.1, 0.15) is 11.8 Å². The second-order valence-corrected chi connectivity index (χ2v) is 6.74. The molecular formula is C21H21N3O. The summed E-state index contributed by atoms with van der Waals surface area (Å²) >= 11 is 0. The molecule has 2 unspecified atom stereocenters. The predicted molar refractivity (Wildman–Crippen MR) is 101 cm³/mol. The summed E-state index contributed by atoms with van der Waals surface area (Å²) < 4.78 is 0. The molecule has 3 aromatic carbocycles. The van der Waals surface area contributed by atoms with E-state index >= 15 is 0 Å². The Morgan fingerprint density at radius 2 is 1.76 bits per heavy atom. The monoisotopic (exact) mass is 331 g/mol. The number of nitrogens with zero attached hydrogens (tertiary/aromatic N) is 1. The fraction of sp³-hybridized carbons (Fsp3) is 0.190. The highest BCUT2D eigenvalue weighted by Gasteiger charge is 2.46. The summed E-state index contributed by atoms with van der Waals surface area (Å²) in [7, 11) is 1.72. The van der Waals surface area contributed by atoms with E-state index in [1.54, 1.807) is 11.9 Å². The van der Waals surface area contributed by atoms with Gasteiger partial charge in [0, 0.05) is 7.05 Å². The summed E-state index contributed by atoms with van der Waals surface area (Å²) in [5, 5.41) is 5.62. The number of carbonyl (C=O) groups excluding carboxylic acids is 1. The molecule has 1 heterocycles. The maximum absolute atomic E-state index is 12.7. The molecule has 4 nitrogen and oxygen atoms in total. The van der Waals surface area contributed by atoms with Crippen molar-refractivity contribution in [1.29, 1.82) is 0 Å². The van der Waals surface area contributed by atoms with Crippen LogP contribution < -0.4 is 11.1 Å². The van der Waals surface area contributed by atoms with Gasteiger partial charge in [-0.1, -0.05) is 60.7 Å². The summed E-state index contributed by atoms with van der Waals surface area (Å²) in [6.07, 6.45) is -0.473. The van der Waals surface area contributed by atoms with Gasteiger partial charge >= 0.3 is 0 Å². The van der Waals surface area contributed by atoms with Crippen LogP contribution in [0.2, 0.25) is 0 Å². The van der Waals surface area contributed by atoms with Gasteiger partial charge in [0.15, 0.2) is 0 Å². The van der Waals surface area contributed by atoms with Gasteiger partial charge in [-0.2, -0.15) is 0 Å². The topological polar surface area (TPSA) is 58.4 Å². The molecule has 4 heteroatoms. The van der Waals surface area contributed by atoms with Gasteiger partial charge < -0.3 is 4.90 Å². The average Bonchev–Trinajstić information content (AvgIpc) is 2.85. The molecule has 2 atom stereocenters. The molecular weight excluding hydrogens is 310 g/mol. The van der Waals surface area contributed by atoms with E-state index in [0.717, 1.165) is 16.7 Å². The van der Waals surface area contributed by atoms with Gasteiger partial charge in [-0.05, 0) is 40.5 Å². The number of hydrogen-bond donors (Lipinski definition) is 2. The molecule has 1 aliphatic heterocycles. The number of carbonyl (C=O) groups is 1. The molecule has 0 aromatic heterocycles. The first-order valence-electron chi connectivity index (χ1n) is 8.40. The second kappa shape index (κ2) is 5.69. The van der Waals surface area contributed by atoms with Crippen LogP contribution in [-0.4, -0.2) is 24.1 Å². The van der Waals surface area contributed by atoms with Crippen LogP contribution in [0.3, 0.4) is 0 Å². The average molecular weight is 331 g/mol. The van der Waals surface area contributed by atoms with Gasteiger partial charge in [0.2, 0.25) is 5.91 Å². The molecule has 0 aliphatic carbocycles. The molecule has 0 saturated carbocycles. The molecule has 25 heavy (non-hydrogen) atoms. The minimum absolute atomic E-state index is 0.0185. The quantitative estimate of drug-likeness (QED) is 0.759. The molecule has 1 aliphatic rings. The lowest BCUT2D eigenvalue weighted by molar-refractivity contribution is -0.131. The Bertz CT molecular complexity index is 963. The van der Waals surface area contributed by atoms with Crippen LogP contribution in [0.4, 0.5) is 0 Å². The number of fused-ring (bicyclic) bond motifs is 1. The van der Waals surface area contributed by atoms with E-state index in [1.807, 2.05) is 31.2 Å². The van der Waals surface area contributed by atoms with Crippen LogP contribution >= 0.6 is 0 Å². The van der Waals surface area contributed by atoms with Crippen LogP contribution in [0.1, 0.15) is 12.5 Å². The number of nitrogens with two attached hydrogens (primary N) is 1. The van der Waals surface area contributed by atoms with E-state index in [9.17, 15) is 4.79 Å². The first-order chi connectivity index (χ1) is 12.0. The lowest BCUT2D eigenvalue weighted by atomic mass is 9.88. The summed E-state index contributed by atoms with van der Waals surface area (Å²) in [6.45, 7) is 1.89. The van der Waals surface area contributed by atoms with Crippen molar-refractivity contribution in [1.82, 2.24) is 10.2 Å². The third kappa shape index (κ3) is 2.42. The highest BCUT2D eigenvalue weighted by atomic mass is 16.2. The smallest absolute Gasteiger partial charge is 0.249 e. The van der Waals surface area contributed by atoms with Crippen molar-refractivity contribution in [2.24, 2.45) is 5.73 Å². The van der Waals surface area contributed by atoms with Crippen LogP contribution in [0, 0.1) is 0 Å². The number of rotatable bonds is 2. The fourth-order valence-corrected chi connectivity index (χ4v) is 3.62. The van der Waals surface area contributed by atoms with Gasteiger partial charge in [-0.3, -0.25) is 15.8 Å². The number of hydrogen-bond acceptors (Lipinski definition) is 3. The largest absolute Gasteiger partial charge is 0.316 e. The number of likely N-dealkylation sites (N-methyl/N-ethyl adjacent to an activating group) is 1. The molecule has 1 saturated heterocycles. The molecule has 0 bridgehead atoms. The third-order valence-electron chi connectivity index (χ3n) is 5.14. The zero-order valence-corrected chi connectivity index (χ0v) is 14.4. The van der Waals surface area contributed by atoms with Gasteiger partial charge in [0.05, 0.1) is 0 Å². The summed E-state index contributed by atoms with van der Waals surface area (Å²) in [6, 6.07) is 22.8. The molecule has 126 valence electrons. The van der Waals surface area contributed by atoms with E-state index in [-0.39, 0.29) is 5.91 Å². The van der Waals surface area contributed by atoms with Crippen molar-refractivity contribution in [2.45, 2.75) is 18.8 Å². The van der Waals surface area contributed by atoms with E-state index in [4.69, 9.17) is 5.73 Å². The van der Waals surface area contributed by atoms with E-state index < -0.39 is 11.8 Å². The van der Waals surface area contributed by atoms with Gasteiger partial charge in [-0.15, -0.1) is 0 Å². The van der Waals surface area contributed by atoms with E-state index in [0.29, 0.717) is 0 Å². The highest BCUT2D eigenvalue weighted by molar-refractivity contribution is 5.97. The van der Waals surface area contributed by atoms with E-state index in [2.05, 4.69) is 47.8 Å². The van der Waals surface area contributed by atoms with Crippen LogP contribution in [0.15, 0.2) is 66.7 Å². The summed E-state index contributed by atoms with van der Waals surface area (Å²) in [5.41, 5.74) is 8.36. The van der Waals surface area contributed by atoms with Crippen molar-refractivity contribution in [3.05, 3.63) is 72.3 Å². The number of nitrogens with one attached hydrogen (secondary N) is 1. The lowest BCUT2D eigenvalue weighted by Crippen LogP contribution is -2.45. The molecule has 3 N–H and O–H groups in total. The van der Waals surface area contributed by atoms with Crippen molar-refractivity contribution in [2.75, 3.05) is 7.05 Å². The van der Waals surface area contributed by atoms with Crippen LogP contribution in [-0.2, 0) is 10.3 Å². The Morgan fingerprint density at radius 1 is 1.04 bits per heavy atom. The normalized spacial score (nSPS) is 23.4. The molecule has 1 amide bonds. The highest BCUT2D eigenvalue weighted by Crippen LogP contribution is 2.34. The first-order valence-corrected chi connectivity index (χ1v) is 8.40. The molecule has 4 rings (SSSR count). The Morgan fingerprint density at radius 3 is 2.52 bits per heavy atom. The fourth-order valence-electron chi connectivity index (χ4n) is 3.62. The molecule has 0 radical (unpaired) electrons. The maximum Gasteiger partial charge on any atom is 0.249 e. The summed E-state index contributed by atoms with van der Waals surface area (Å²) in [4.78, 5) is 14.2. The maximum atomic E-state index is 12.7. The lowest BCUT2D eigenvalue weighted by Gasteiger charge is -2.23.